The maximum atomic E-state index is 14.6. The highest BCUT2D eigenvalue weighted by molar-refractivity contribution is 8.02. The number of ether oxygens (including phenoxy) is 2. The molecule has 6 atom stereocenters. The van der Waals surface area contributed by atoms with Crippen molar-refractivity contribution < 1.29 is 29.0 Å². The van der Waals surface area contributed by atoms with Crippen LogP contribution in [-0.4, -0.2) is 70.7 Å². The maximum absolute atomic E-state index is 14.6. The smallest absolute Gasteiger partial charge is 0.311 e. The second-order valence-corrected chi connectivity index (χ2v) is 11.6. The molecule has 8 nitrogen and oxygen atoms in total. The van der Waals surface area contributed by atoms with E-state index in [1.165, 1.54) is 16.7 Å². The number of anilines is 1. The fourth-order valence-corrected chi connectivity index (χ4v) is 8.39. The van der Waals surface area contributed by atoms with Crippen molar-refractivity contribution in [3.8, 4) is 5.75 Å². The summed E-state index contributed by atoms with van der Waals surface area (Å²) in [5, 5.41) is 10.3. The molecule has 0 radical (unpaired) electrons. The molecule has 4 aliphatic heterocycles. The van der Waals surface area contributed by atoms with E-state index in [-0.39, 0.29) is 30.3 Å². The van der Waals surface area contributed by atoms with Crippen LogP contribution in [-0.2, 0) is 19.1 Å². The fourth-order valence-electron chi connectivity index (χ4n) is 6.41. The number of rotatable bonds is 5. The highest BCUT2D eigenvalue weighted by Crippen LogP contribution is 2.62. The van der Waals surface area contributed by atoms with Crippen LogP contribution in [0, 0.1) is 11.8 Å². The number of carbonyl (C=O) groups excluding carboxylic acids is 3. The van der Waals surface area contributed by atoms with Gasteiger partial charge in [0.2, 0.25) is 5.91 Å². The van der Waals surface area contributed by atoms with Crippen LogP contribution >= 0.6 is 11.8 Å². The Balaban J connectivity index is 1.50. The molecule has 4 aliphatic rings. The van der Waals surface area contributed by atoms with Crippen molar-refractivity contribution >= 4 is 35.2 Å². The van der Waals surface area contributed by atoms with Gasteiger partial charge in [-0.05, 0) is 36.2 Å². The number of amides is 2. The summed E-state index contributed by atoms with van der Waals surface area (Å²) in [6, 6.07) is 14.8. The van der Waals surface area contributed by atoms with Crippen molar-refractivity contribution in [2.45, 2.75) is 28.5 Å². The molecule has 9 heteroatoms. The molecule has 0 bridgehead atoms. The Kier molecular flexibility index (Phi) is 6.72. The van der Waals surface area contributed by atoms with E-state index in [9.17, 15) is 19.5 Å². The van der Waals surface area contributed by atoms with Gasteiger partial charge in [-0.3, -0.25) is 14.4 Å². The largest absolute Gasteiger partial charge is 0.497 e. The number of cyclic esters (lactones) is 1. The molecule has 2 amide bonds. The van der Waals surface area contributed by atoms with Crippen molar-refractivity contribution in [1.82, 2.24) is 4.90 Å². The number of methoxy groups -OCH3 is 1. The average Bonchev–Trinajstić information content (AvgIpc) is 3.33. The number of nitrogens with zero attached hydrogens (tertiary/aromatic N) is 2. The van der Waals surface area contributed by atoms with Gasteiger partial charge in [0, 0.05) is 17.5 Å². The third kappa shape index (κ3) is 4.06. The van der Waals surface area contributed by atoms with Gasteiger partial charge in [-0.25, -0.2) is 0 Å². The number of carbonyl (C=O) groups is 3. The molecular weight excluding hydrogens is 516 g/mol. The second kappa shape index (κ2) is 10.2. The number of fused-ring (bicyclic) bond motifs is 2. The standard InChI is InChI=1S/C30H30N2O6S/c1-37-21-13-11-20(12-14-21)31-16-7-15-30-25(24-23(39-30)10-5-6-17-38-29(24)36)27(34)32(26(30)28(31)35)22(18-33)19-8-3-2-4-9-19/h2-5,7-15,22-26,33H,6,16-18H2,1H3/t22-,23+,24-,25+,26?,30+/m1/s1. The lowest BCUT2D eigenvalue weighted by Gasteiger charge is -2.38. The van der Waals surface area contributed by atoms with Crippen LogP contribution in [0.5, 0.6) is 5.75 Å². The number of likely N-dealkylation sites (tertiary alicyclic amines) is 1. The summed E-state index contributed by atoms with van der Waals surface area (Å²) >= 11 is 1.49. The predicted molar refractivity (Wildman–Crippen MR) is 147 cm³/mol. The van der Waals surface area contributed by atoms with Crippen molar-refractivity contribution in [1.29, 1.82) is 0 Å². The van der Waals surface area contributed by atoms with Crippen LogP contribution in [0.2, 0.25) is 0 Å². The summed E-state index contributed by atoms with van der Waals surface area (Å²) < 4.78 is 9.84. The Bertz CT molecular complexity index is 1330. The van der Waals surface area contributed by atoms with Gasteiger partial charge in [-0.2, -0.15) is 0 Å². The van der Waals surface area contributed by atoms with Crippen LogP contribution in [0.15, 0.2) is 78.9 Å². The van der Waals surface area contributed by atoms with E-state index in [2.05, 4.69) is 0 Å². The number of hydrogen-bond acceptors (Lipinski definition) is 7. The normalized spacial score (nSPS) is 30.6. The Morgan fingerprint density at radius 3 is 2.56 bits per heavy atom. The lowest BCUT2D eigenvalue weighted by Crippen LogP contribution is -2.54. The van der Waals surface area contributed by atoms with E-state index in [0.717, 1.165) is 5.56 Å². The van der Waals surface area contributed by atoms with Gasteiger partial charge in [0.15, 0.2) is 0 Å². The summed E-state index contributed by atoms with van der Waals surface area (Å²) in [7, 11) is 1.58. The van der Waals surface area contributed by atoms with Crippen LogP contribution in [0.4, 0.5) is 5.69 Å². The van der Waals surface area contributed by atoms with E-state index in [0.29, 0.717) is 24.4 Å². The number of thioether (sulfide) groups is 1. The van der Waals surface area contributed by atoms with Gasteiger partial charge in [-0.15, -0.1) is 11.8 Å². The molecule has 2 aromatic carbocycles. The lowest BCUT2D eigenvalue weighted by molar-refractivity contribution is -0.153. The lowest BCUT2D eigenvalue weighted by atomic mass is 9.78. The summed E-state index contributed by atoms with van der Waals surface area (Å²) in [4.78, 5) is 45.5. The molecule has 6 rings (SSSR count). The minimum atomic E-state index is -0.999. The fraction of sp³-hybridized carbons (Fsp3) is 0.367. The molecule has 4 heterocycles. The van der Waals surface area contributed by atoms with Gasteiger partial charge in [0.25, 0.3) is 5.91 Å². The van der Waals surface area contributed by atoms with Crippen LogP contribution in [0.25, 0.3) is 0 Å². The molecule has 0 aromatic heterocycles. The minimum absolute atomic E-state index is 0.255. The topological polar surface area (TPSA) is 96.4 Å². The maximum Gasteiger partial charge on any atom is 0.311 e. The monoisotopic (exact) mass is 546 g/mol. The van der Waals surface area contributed by atoms with E-state index in [4.69, 9.17) is 9.47 Å². The third-order valence-corrected chi connectivity index (χ3v) is 9.88. The van der Waals surface area contributed by atoms with E-state index in [1.54, 1.807) is 24.1 Å². The number of aliphatic hydroxyl groups is 1. The number of esters is 1. The number of benzene rings is 2. The first kappa shape index (κ1) is 25.7. The van der Waals surface area contributed by atoms with Crippen LogP contribution in [0.1, 0.15) is 18.0 Å². The van der Waals surface area contributed by atoms with Crippen LogP contribution < -0.4 is 9.64 Å². The Hall–Kier alpha value is -3.56. The van der Waals surface area contributed by atoms with Crippen molar-refractivity contribution in [2.24, 2.45) is 11.8 Å². The summed E-state index contributed by atoms with van der Waals surface area (Å²) in [5.74, 6) is -1.85. The van der Waals surface area contributed by atoms with Crippen molar-refractivity contribution in [2.75, 3.05) is 31.8 Å². The summed E-state index contributed by atoms with van der Waals surface area (Å²) in [6.45, 7) is 0.203. The molecule has 1 N–H and O–H groups in total. The molecule has 1 unspecified atom stereocenters. The molecule has 1 spiro atoms. The zero-order chi connectivity index (χ0) is 27.1. The molecular formula is C30H30N2O6S. The Labute approximate surface area is 231 Å². The molecule has 2 aromatic rings. The highest BCUT2D eigenvalue weighted by atomic mass is 32.2. The quantitative estimate of drug-likeness (QED) is 0.455. The zero-order valence-corrected chi connectivity index (χ0v) is 22.3. The molecule has 2 fully saturated rings. The SMILES string of the molecule is COc1ccc(N2CC=C[C@]34S[C@H]5C=CCCOC(=O)[C@H]5[C@H]3C(=O)N([C@H](CO)c3ccccc3)C4C2=O)cc1. The van der Waals surface area contributed by atoms with Gasteiger partial charge in [0.05, 0.1) is 42.9 Å². The van der Waals surface area contributed by atoms with Crippen molar-refractivity contribution in [3.05, 3.63) is 84.5 Å². The van der Waals surface area contributed by atoms with Gasteiger partial charge >= 0.3 is 5.97 Å². The molecule has 0 saturated carbocycles. The van der Waals surface area contributed by atoms with E-state index in [1.807, 2.05) is 66.8 Å². The van der Waals surface area contributed by atoms with Crippen LogP contribution in [0.3, 0.4) is 0 Å². The highest BCUT2D eigenvalue weighted by Gasteiger charge is 2.72. The summed E-state index contributed by atoms with van der Waals surface area (Å²) in [5.41, 5.74) is 1.40. The zero-order valence-electron chi connectivity index (χ0n) is 21.5. The minimum Gasteiger partial charge on any atom is -0.497 e. The predicted octanol–water partition coefficient (Wildman–Crippen LogP) is 3.13. The Morgan fingerprint density at radius 2 is 1.85 bits per heavy atom. The van der Waals surface area contributed by atoms with Gasteiger partial charge in [-0.1, -0.05) is 54.6 Å². The first-order valence-corrected chi connectivity index (χ1v) is 14.0. The number of aliphatic hydroxyl groups excluding tert-OH is 1. The second-order valence-electron chi connectivity index (χ2n) is 10.1. The van der Waals surface area contributed by atoms with Gasteiger partial charge < -0.3 is 24.4 Å². The van der Waals surface area contributed by atoms with Gasteiger partial charge in [0.1, 0.15) is 11.8 Å². The summed E-state index contributed by atoms with van der Waals surface area (Å²) in [6.07, 6.45) is 8.46. The molecule has 39 heavy (non-hydrogen) atoms. The van der Waals surface area contributed by atoms with E-state index < -0.39 is 34.6 Å². The van der Waals surface area contributed by atoms with Crippen molar-refractivity contribution in [3.63, 3.8) is 0 Å². The Morgan fingerprint density at radius 1 is 1.08 bits per heavy atom. The average molecular weight is 547 g/mol. The first-order chi connectivity index (χ1) is 19.0. The van der Waals surface area contributed by atoms with E-state index >= 15 is 0 Å². The number of hydrogen-bond donors (Lipinski definition) is 1. The first-order valence-electron chi connectivity index (χ1n) is 13.1. The molecule has 0 aliphatic carbocycles. The molecule has 2 saturated heterocycles. The third-order valence-electron chi connectivity index (χ3n) is 8.14. The molecule has 202 valence electrons.